The number of nitrogens with zero attached hydrogens (tertiary/aromatic N) is 2. The Kier molecular flexibility index (Phi) is 4.88. The molecule has 0 radical (unpaired) electrons. The lowest BCUT2D eigenvalue weighted by molar-refractivity contribution is -0.116. The van der Waals surface area contributed by atoms with Crippen LogP contribution < -0.4 is 20.3 Å². The molecule has 0 aliphatic rings. The molecular formula is C19H19N3O4. The van der Waals surface area contributed by atoms with Crippen LogP contribution in [0.15, 0.2) is 47.3 Å². The lowest BCUT2D eigenvalue weighted by Crippen LogP contribution is -2.30. The van der Waals surface area contributed by atoms with Gasteiger partial charge in [0.2, 0.25) is 5.91 Å². The maximum atomic E-state index is 12.6. The number of para-hydroxylation sites is 1. The first-order valence-electron chi connectivity index (χ1n) is 8.01. The average molecular weight is 353 g/mol. The third-order valence-corrected chi connectivity index (χ3v) is 4.02. The van der Waals surface area contributed by atoms with Crippen LogP contribution in [0.3, 0.4) is 0 Å². The Bertz CT molecular complexity index is 1030. The van der Waals surface area contributed by atoms with E-state index in [0.29, 0.717) is 33.9 Å². The molecule has 26 heavy (non-hydrogen) atoms. The molecule has 1 heterocycles. The summed E-state index contributed by atoms with van der Waals surface area (Å²) in [6.45, 7) is 1.58. The first kappa shape index (κ1) is 17.5. The Morgan fingerprint density at radius 3 is 2.58 bits per heavy atom. The Hall–Kier alpha value is -3.35. The third kappa shape index (κ3) is 3.37. The monoisotopic (exact) mass is 353 g/mol. The van der Waals surface area contributed by atoms with E-state index in [1.807, 2.05) is 6.07 Å². The van der Waals surface area contributed by atoms with E-state index in [4.69, 9.17) is 9.47 Å². The molecule has 0 fully saturated rings. The van der Waals surface area contributed by atoms with Gasteiger partial charge in [0.15, 0.2) is 11.5 Å². The number of ether oxygens (including phenoxy) is 2. The fraction of sp³-hybridized carbons (Fsp3) is 0.211. The van der Waals surface area contributed by atoms with Crippen molar-refractivity contribution in [3.8, 4) is 11.5 Å². The van der Waals surface area contributed by atoms with Gasteiger partial charge in [-0.15, -0.1) is 0 Å². The van der Waals surface area contributed by atoms with E-state index in [0.717, 1.165) is 0 Å². The molecule has 1 aromatic heterocycles. The fourth-order valence-corrected chi connectivity index (χ4v) is 2.72. The van der Waals surface area contributed by atoms with Crippen LogP contribution in [0.25, 0.3) is 10.9 Å². The largest absolute Gasteiger partial charge is 0.493 e. The van der Waals surface area contributed by atoms with Crippen LogP contribution in [0.1, 0.15) is 5.82 Å². The number of aryl methyl sites for hydroxylation is 1. The number of hydrogen-bond acceptors (Lipinski definition) is 5. The summed E-state index contributed by atoms with van der Waals surface area (Å²) in [6, 6.07) is 12.1. The molecule has 2 aromatic carbocycles. The van der Waals surface area contributed by atoms with E-state index >= 15 is 0 Å². The van der Waals surface area contributed by atoms with Crippen molar-refractivity contribution in [2.75, 3.05) is 19.5 Å². The zero-order valence-electron chi connectivity index (χ0n) is 14.8. The zero-order chi connectivity index (χ0) is 18.7. The Labute approximate surface area is 150 Å². The summed E-state index contributed by atoms with van der Waals surface area (Å²) < 4.78 is 11.8. The van der Waals surface area contributed by atoms with Gasteiger partial charge >= 0.3 is 0 Å². The number of aromatic nitrogens is 2. The summed E-state index contributed by atoms with van der Waals surface area (Å²) in [5.74, 6) is 1.22. The number of benzene rings is 2. The van der Waals surface area contributed by atoms with E-state index in [-0.39, 0.29) is 18.0 Å². The van der Waals surface area contributed by atoms with Crippen LogP contribution in [0.5, 0.6) is 11.5 Å². The maximum absolute atomic E-state index is 12.6. The zero-order valence-corrected chi connectivity index (χ0v) is 14.8. The van der Waals surface area contributed by atoms with Crippen LogP contribution >= 0.6 is 0 Å². The highest BCUT2D eigenvalue weighted by molar-refractivity contribution is 5.91. The fourth-order valence-electron chi connectivity index (χ4n) is 2.72. The lowest BCUT2D eigenvalue weighted by atomic mass is 10.2. The number of carbonyl (C=O) groups excluding carboxylic acids is 1. The number of methoxy groups -OCH3 is 2. The Morgan fingerprint density at radius 2 is 1.85 bits per heavy atom. The van der Waals surface area contributed by atoms with Gasteiger partial charge in [-0.05, 0) is 31.2 Å². The average Bonchev–Trinajstić information content (AvgIpc) is 2.65. The van der Waals surface area contributed by atoms with Gasteiger partial charge in [-0.25, -0.2) is 4.98 Å². The predicted octanol–water partition coefficient (Wildman–Crippen LogP) is 2.36. The van der Waals surface area contributed by atoms with Crippen molar-refractivity contribution in [1.29, 1.82) is 0 Å². The lowest BCUT2D eigenvalue weighted by Gasteiger charge is -2.13. The molecule has 0 saturated carbocycles. The summed E-state index contributed by atoms with van der Waals surface area (Å²) >= 11 is 0. The second-order valence-electron chi connectivity index (χ2n) is 5.69. The molecule has 134 valence electrons. The number of hydrogen-bond donors (Lipinski definition) is 1. The van der Waals surface area contributed by atoms with E-state index < -0.39 is 0 Å². The first-order chi connectivity index (χ1) is 12.5. The molecule has 7 heteroatoms. The van der Waals surface area contributed by atoms with Crippen LogP contribution in [0.4, 0.5) is 5.69 Å². The minimum absolute atomic E-state index is 0.128. The molecular weight excluding hydrogens is 334 g/mol. The van der Waals surface area contributed by atoms with Crippen LogP contribution in [0.2, 0.25) is 0 Å². The van der Waals surface area contributed by atoms with Crippen LogP contribution in [-0.2, 0) is 11.3 Å². The Morgan fingerprint density at radius 1 is 1.12 bits per heavy atom. The molecule has 1 N–H and O–H groups in total. The molecule has 3 rings (SSSR count). The van der Waals surface area contributed by atoms with Gasteiger partial charge in [0.25, 0.3) is 5.56 Å². The second-order valence-corrected chi connectivity index (χ2v) is 5.69. The molecule has 0 atom stereocenters. The third-order valence-electron chi connectivity index (χ3n) is 4.02. The number of anilines is 1. The molecule has 0 aliphatic heterocycles. The summed E-state index contributed by atoms with van der Waals surface area (Å²) in [4.78, 5) is 29.4. The highest BCUT2D eigenvalue weighted by atomic mass is 16.5. The van der Waals surface area contributed by atoms with Crippen molar-refractivity contribution < 1.29 is 14.3 Å². The van der Waals surface area contributed by atoms with E-state index in [9.17, 15) is 9.59 Å². The second kappa shape index (κ2) is 7.26. The van der Waals surface area contributed by atoms with E-state index in [1.54, 1.807) is 43.3 Å². The summed E-state index contributed by atoms with van der Waals surface area (Å²) in [5.41, 5.74) is 0.925. The van der Waals surface area contributed by atoms with Crippen LogP contribution in [0, 0.1) is 6.92 Å². The highest BCUT2D eigenvalue weighted by Gasteiger charge is 2.12. The normalized spacial score (nSPS) is 10.6. The molecule has 0 spiro atoms. The van der Waals surface area contributed by atoms with Crippen LogP contribution in [-0.4, -0.2) is 29.7 Å². The number of nitrogens with one attached hydrogen (secondary N) is 1. The number of fused-ring (bicyclic) bond motifs is 1. The van der Waals surface area contributed by atoms with Gasteiger partial charge < -0.3 is 14.8 Å². The summed E-state index contributed by atoms with van der Waals surface area (Å²) in [7, 11) is 3.06. The molecule has 0 aliphatic carbocycles. The summed E-state index contributed by atoms with van der Waals surface area (Å²) in [6.07, 6.45) is 0. The van der Waals surface area contributed by atoms with Gasteiger partial charge in [-0.3, -0.25) is 14.2 Å². The minimum atomic E-state index is -0.334. The standard InChI is InChI=1S/C19H19N3O4/c1-12-20-15-7-5-4-6-14(15)19(24)22(12)11-18(23)21-13-8-9-16(25-2)17(10-13)26-3/h4-10H,11H2,1-3H3,(H,21,23). The van der Waals surface area contributed by atoms with Crippen molar-refractivity contribution in [1.82, 2.24) is 9.55 Å². The number of rotatable bonds is 5. The Balaban J connectivity index is 1.85. The quantitative estimate of drug-likeness (QED) is 0.761. The van der Waals surface area contributed by atoms with Gasteiger partial charge in [-0.1, -0.05) is 12.1 Å². The van der Waals surface area contributed by atoms with Crippen molar-refractivity contribution >= 4 is 22.5 Å². The number of amides is 1. The van der Waals surface area contributed by atoms with Crippen molar-refractivity contribution in [2.24, 2.45) is 0 Å². The van der Waals surface area contributed by atoms with E-state index in [2.05, 4.69) is 10.3 Å². The number of carbonyl (C=O) groups is 1. The van der Waals surface area contributed by atoms with Crippen molar-refractivity contribution in [3.05, 3.63) is 58.6 Å². The first-order valence-corrected chi connectivity index (χ1v) is 8.01. The molecule has 3 aromatic rings. The van der Waals surface area contributed by atoms with Gasteiger partial charge in [0, 0.05) is 11.8 Å². The van der Waals surface area contributed by atoms with Gasteiger partial charge in [-0.2, -0.15) is 0 Å². The van der Waals surface area contributed by atoms with Crippen molar-refractivity contribution in [3.63, 3.8) is 0 Å². The molecule has 7 nitrogen and oxygen atoms in total. The highest BCUT2D eigenvalue weighted by Crippen LogP contribution is 2.29. The molecule has 1 amide bonds. The smallest absolute Gasteiger partial charge is 0.261 e. The predicted molar refractivity (Wildman–Crippen MR) is 98.9 cm³/mol. The molecule has 0 saturated heterocycles. The molecule has 0 bridgehead atoms. The summed E-state index contributed by atoms with van der Waals surface area (Å²) in [5, 5.41) is 3.24. The van der Waals surface area contributed by atoms with Gasteiger partial charge in [0.05, 0.1) is 25.1 Å². The maximum Gasteiger partial charge on any atom is 0.261 e. The topological polar surface area (TPSA) is 82.5 Å². The molecule has 0 unspecified atom stereocenters. The SMILES string of the molecule is COc1ccc(NC(=O)Cn2c(C)nc3ccccc3c2=O)cc1OC. The van der Waals surface area contributed by atoms with Gasteiger partial charge in [0.1, 0.15) is 12.4 Å². The van der Waals surface area contributed by atoms with E-state index in [1.165, 1.54) is 18.8 Å². The van der Waals surface area contributed by atoms with Crippen molar-refractivity contribution in [2.45, 2.75) is 13.5 Å². The minimum Gasteiger partial charge on any atom is -0.493 e.